The number of carbonyl (C=O) groups excluding carboxylic acids is 2. The first-order chi connectivity index (χ1) is 19.3. The molecule has 1 fully saturated rings. The number of aliphatic imine (C=N–C) groups is 1. The number of imide groups is 1. The van der Waals surface area contributed by atoms with Gasteiger partial charge < -0.3 is 0 Å². The Balaban J connectivity index is 1.51. The number of para-hydroxylation sites is 2. The maximum Gasteiger partial charge on any atom is 0.294 e. The Kier molecular flexibility index (Phi) is 5.16. The van der Waals surface area contributed by atoms with Gasteiger partial charge in [0, 0.05) is 18.2 Å². The number of carbonyl (C=O) groups is 2. The molecule has 0 saturated carbocycles. The van der Waals surface area contributed by atoms with Gasteiger partial charge in [0.15, 0.2) is 0 Å². The normalized spacial score (nSPS) is 24.2. The van der Waals surface area contributed by atoms with E-state index in [1.165, 1.54) is 11.0 Å². The topological polar surface area (TPSA) is 92.9 Å². The highest BCUT2D eigenvalue weighted by Gasteiger charge is 2.68. The quantitative estimate of drug-likeness (QED) is 0.137. The second-order valence-electron chi connectivity index (χ2n) is 10.8. The second kappa shape index (κ2) is 8.55. The predicted molar refractivity (Wildman–Crippen MR) is 152 cm³/mol. The first kappa shape index (κ1) is 24.2. The zero-order chi connectivity index (χ0) is 27.8. The van der Waals surface area contributed by atoms with Gasteiger partial charge in [-0.1, -0.05) is 78.4 Å². The van der Waals surface area contributed by atoms with Crippen LogP contribution in [0, 0.1) is 35.8 Å². The summed E-state index contributed by atoms with van der Waals surface area (Å²) in [4.78, 5) is 46.3. The zero-order valence-corrected chi connectivity index (χ0v) is 21.9. The summed E-state index contributed by atoms with van der Waals surface area (Å²) < 4.78 is 0. The van der Waals surface area contributed by atoms with Crippen LogP contribution in [0.4, 0.5) is 17.1 Å². The van der Waals surface area contributed by atoms with Crippen LogP contribution in [0.1, 0.15) is 39.3 Å². The lowest BCUT2D eigenvalue weighted by molar-refractivity contribution is -0.384. The van der Waals surface area contributed by atoms with E-state index >= 15 is 0 Å². The van der Waals surface area contributed by atoms with Gasteiger partial charge in [-0.3, -0.25) is 24.7 Å². The third-order valence-corrected chi connectivity index (χ3v) is 8.76. The average Bonchev–Trinajstić information content (AvgIpc) is 3.23. The fourth-order valence-electron chi connectivity index (χ4n) is 7.24. The lowest BCUT2D eigenvalue weighted by Gasteiger charge is -2.52. The summed E-state index contributed by atoms with van der Waals surface area (Å²) in [5, 5.41) is 11.8. The van der Waals surface area contributed by atoms with Crippen LogP contribution in [0.2, 0.25) is 0 Å². The molecule has 4 aromatic carbocycles. The van der Waals surface area contributed by atoms with Crippen LogP contribution in [-0.2, 0) is 15.0 Å². The lowest BCUT2D eigenvalue weighted by Crippen LogP contribution is -2.54. The summed E-state index contributed by atoms with van der Waals surface area (Å²) in [5.74, 6) is -2.16. The summed E-state index contributed by atoms with van der Waals surface area (Å²) in [5.41, 5.74) is 5.27. The molecule has 0 N–H and O–H groups in total. The lowest BCUT2D eigenvalue weighted by atomic mass is 9.47. The molecule has 0 aromatic heterocycles. The Bertz CT molecular complexity index is 1740. The van der Waals surface area contributed by atoms with Crippen molar-refractivity contribution < 1.29 is 14.5 Å². The van der Waals surface area contributed by atoms with E-state index in [1.807, 2.05) is 80.6 Å². The van der Waals surface area contributed by atoms with Gasteiger partial charge in [0.05, 0.1) is 27.9 Å². The van der Waals surface area contributed by atoms with E-state index in [2.05, 4.69) is 0 Å². The number of hydrogen-bond acceptors (Lipinski definition) is 5. The van der Waals surface area contributed by atoms with Crippen molar-refractivity contribution in [2.24, 2.45) is 16.8 Å². The van der Waals surface area contributed by atoms with Gasteiger partial charge in [0.1, 0.15) is 5.69 Å². The van der Waals surface area contributed by atoms with Crippen LogP contribution < -0.4 is 4.90 Å². The highest BCUT2D eigenvalue weighted by molar-refractivity contribution is 6.25. The fraction of sp³-hybridized carbons (Fsp3) is 0.182. The molecule has 2 amide bonds. The second-order valence-corrected chi connectivity index (χ2v) is 10.8. The average molecular weight is 528 g/mol. The van der Waals surface area contributed by atoms with E-state index in [1.54, 1.807) is 24.4 Å². The maximum absolute atomic E-state index is 14.5. The third kappa shape index (κ3) is 3.09. The Morgan fingerprint density at radius 2 is 1.48 bits per heavy atom. The number of anilines is 1. The van der Waals surface area contributed by atoms with Crippen molar-refractivity contribution >= 4 is 35.1 Å². The molecule has 7 heteroatoms. The number of rotatable bonds is 4. The van der Waals surface area contributed by atoms with Crippen molar-refractivity contribution in [3.05, 3.63) is 134 Å². The molecule has 2 bridgehead atoms. The fourth-order valence-corrected chi connectivity index (χ4v) is 7.24. The standard InChI is InChI=1S/C33H25N3O4/c1-19-15-16-26(20(2)17-19)35-31(37)29-28-21-9-3-5-11-23(21)33(30(29)32(35)38,24-12-6-4-10-22(24)28)18-34-25-13-7-8-14-27(25)36(39)40/h3-18,28-30H,1-2H3/t28?,29-,30-,33?/m0/s1. The van der Waals surface area contributed by atoms with Crippen molar-refractivity contribution in [3.63, 3.8) is 0 Å². The maximum atomic E-state index is 14.5. The molecular formula is C33H25N3O4. The van der Waals surface area contributed by atoms with E-state index in [4.69, 9.17) is 4.99 Å². The molecule has 1 heterocycles. The minimum Gasteiger partial charge on any atom is -0.274 e. The van der Waals surface area contributed by atoms with Crippen LogP contribution in [0.3, 0.4) is 0 Å². The Hall–Kier alpha value is -4.91. The Morgan fingerprint density at radius 3 is 2.12 bits per heavy atom. The van der Waals surface area contributed by atoms with Crippen LogP contribution in [0.15, 0.2) is 96.0 Å². The molecule has 4 aromatic rings. The first-order valence-corrected chi connectivity index (χ1v) is 13.3. The van der Waals surface area contributed by atoms with E-state index in [0.29, 0.717) is 5.69 Å². The van der Waals surface area contributed by atoms with Crippen molar-refractivity contribution in [2.75, 3.05) is 4.90 Å². The van der Waals surface area contributed by atoms with Gasteiger partial charge in [0.2, 0.25) is 11.8 Å². The molecule has 40 heavy (non-hydrogen) atoms. The summed E-state index contributed by atoms with van der Waals surface area (Å²) in [6.07, 6.45) is 1.69. The summed E-state index contributed by atoms with van der Waals surface area (Å²) in [7, 11) is 0. The molecular weight excluding hydrogens is 502 g/mol. The Morgan fingerprint density at radius 1 is 0.850 bits per heavy atom. The molecule has 8 rings (SSSR count). The molecule has 7 nitrogen and oxygen atoms in total. The molecule has 0 spiro atoms. The van der Waals surface area contributed by atoms with Crippen LogP contribution >= 0.6 is 0 Å². The minimum absolute atomic E-state index is 0.122. The zero-order valence-electron chi connectivity index (χ0n) is 21.9. The number of nitro groups is 1. The van der Waals surface area contributed by atoms with Crippen LogP contribution in [0.5, 0.6) is 0 Å². The molecule has 2 atom stereocenters. The van der Waals surface area contributed by atoms with E-state index in [-0.39, 0.29) is 29.1 Å². The van der Waals surface area contributed by atoms with Gasteiger partial charge in [-0.2, -0.15) is 0 Å². The monoisotopic (exact) mass is 527 g/mol. The van der Waals surface area contributed by atoms with Crippen LogP contribution in [-0.4, -0.2) is 23.0 Å². The third-order valence-electron chi connectivity index (χ3n) is 8.76. The molecule has 4 aliphatic rings. The molecule has 3 aliphatic carbocycles. The van der Waals surface area contributed by atoms with Gasteiger partial charge in [0.25, 0.3) is 5.69 Å². The van der Waals surface area contributed by atoms with Gasteiger partial charge >= 0.3 is 0 Å². The van der Waals surface area contributed by atoms with Crippen molar-refractivity contribution in [2.45, 2.75) is 25.2 Å². The predicted octanol–water partition coefficient (Wildman–Crippen LogP) is 6.16. The highest BCUT2D eigenvalue weighted by atomic mass is 16.6. The highest BCUT2D eigenvalue weighted by Crippen LogP contribution is 2.64. The smallest absolute Gasteiger partial charge is 0.274 e. The van der Waals surface area contributed by atoms with Gasteiger partial charge in [-0.05, 0) is 53.8 Å². The molecule has 1 saturated heterocycles. The summed E-state index contributed by atoms with van der Waals surface area (Å²) in [6.45, 7) is 3.89. The van der Waals surface area contributed by atoms with E-state index < -0.39 is 22.2 Å². The largest absolute Gasteiger partial charge is 0.294 e. The van der Waals surface area contributed by atoms with Crippen LogP contribution in [0.25, 0.3) is 0 Å². The van der Waals surface area contributed by atoms with E-state index in [0.717, 1.165) is 33.4 Å². The Labute approximate surface area is 231 Å². The molecule has 196 valence electrons. The van der Waals surface area contributed by atoms with Crippen molar-refractivity contribution in [1.82, 2.24) is 0 Å². The molecule has 0 unspecified atom stereocenters. The van der Waals surface area contributed by atoms with Gasteiger partial charge in [-0.25, -0.2) is 4.90 Å². The number of aryl methyl sites for hydroxylation is 2. The number of benzene rings is 4. The van der Waals surface area contributed by atoms with E-state index in [9.17, 15) is 19.7 Å². The number of hydrogen-bond donors (Lipinski definition) is 0. The number of nitro benzene ring substituents is 1. The SMILES string of the molecule is Cc1ccc(N2C(=O)[C@@H]3[C@@H](C2=O)C2c4ccccc4C3(C=Nc3ccccc3[N+](=O)[O-])c3ccccc32)c(C)c1. The first-order valence-electron chi connectivity index (χ1n) is 13.3. The molecule has 0 radical (unpaired) electrons. The number of amides is 2. The van der Waals surface area contributed by atoms with Gasteiger partial charge in [-0.15, -0.1) is 0 Å². The summed E-state index contributed by atoms with van der Waals surface area (Å²) >= 11 is 0. The van der Waals surface area contributed by atoms with Crippen molar-refractivity contribution in [1.29, 1.82) is 0 Å². The minimum atomic E-state index is -1.09. The summed E-state index contributed by atoms with van der Waals surface area (Å²) in [6, 6.07) is 27.8. The number of nitrogens with zero attached hydrogens (tertiary/aromatic N) is 3. The molecule has 1 aliphatic heterocycles. The van der Waals surface area contributed by atoms with Crippen molar-refractivity contribution in [3.8, 4) is 0 Å².